The van der Waals surface area contributed by atoms with Crippen LogP contribution in [0.2, 0.25) is 0 Å². The molecule has 3 heterocycles. The van der Waals surface area contributed by atoms with Crippen LogP contribution < -0.4 is 5.32 Å². The quantitative estimate of drug-likeness (QED) is 0.737. The van der Waals surface area contributed by atoms with E-state index in [1.807, 2.05) is 48.7 Å². The van der Waals surface area contributed by atoms with E-state index in [0.29, 0.717) is 0 Å². The standard InChI is InChI=1S/C24H25N3O/c28-23(27-14-4-10-24(17-27)11-13-25-16-24)19-6-3-5-18(15-19)20-9-12-26-22-8-2-1-7-21(20)22/h1-3,5-9,12,15,25H,4,10-11,13-14,16-17H2/t24-/m0/s1. The number of aromatic nitrogens is 1. The highest BCUT2D eigenvalue weighted by atomic mass is 16.2. The molecule has 1 N–H and O–H groups in total. The van der Waals surface area contributed by atoms with Gasteiger partial charge in [-0.1, -0.05) is 30.3 Å². The second-order valence-electron chi connectivity index (χ2n) is 8.21. The maximum Gasteiger partial charge on any atom is 0.253 e. The monoisotopic (exact) mass is 371 g/mol. The molecular weight excluding hydrogens is 346 g/mol. The second-order valence-corrected chi connectivity index (χ2v) is 8.21. The van der Waals surface area contributed by atoms with Crippen molar-refractivity contribution in [2.45, 2.75) is 19.3 Å². The number of fused-ring (bicyclic) bond motifs is 1. The Hall–Kier alpha value is -2.72. The maximum absolute atomic E-state index is 13.3. The third-order valence-corrected chi connectivity index (χ3v) is 6.35. The molecule has 142 valence electrons. The van der Waals surface area contributed by atoms with Crippen molar-refractivity contribution >= 4 is 16.8 Å². The number of benzene rings is 2. The Morgan fingerprint density at radius 2 is 2.00 bits per heavy atom. The lowest BCUT2D eigenvalue weighted by molar-refractivity contribution is 0.0553. The largest absolute Gasteiger partial charge is 0.338 e. The molecule has 1 amide bonds. The van der Waals surface area contributed by atoms with Crippen molar-refractivity contribution in [3.05, 3.63) is 66.4 Å². The van der Waals surface area contributed by atoms with Gasteiger partial charge in [-0.05, 0) is 61.2 Å². The molecule has 0 saturated carbocycles. The van der Waals surface area contributed by atoms with E-state index in [1.165, 1.54) is 12.8 Å². The van der Waals surface area contributed by atoms with Crippen molar-refractivity contribution in [1.29, 1.82) is 0 Å². The van der Waals surface area contributed by atoms with Gasteiger partial charge in [-0.2, -0.15) is 0 Å². The first-order chi connectivity index (χ1) is 13.7. The third kappa shape index (κ3) is 3.08. The van der Waals surface area contributed by atoms with Crippen molar-refractivity contribution < 1.29 is 4.79 Å². The van der Waals surface area contributed by atoms with Gasteiger partial charge in [0.15, 0.2) is 0 Å². The molecule has 0 radical (unpaired) electrons. The number of nitrogens with one attached hydrogen (secondary N) is 1. The molecule has 4 heteroatoms. The van der Waals surface area contributed by atoms with E-state index in [1.54, 1.807) is 0 Å². The summed E-state index contributed by atoms with van der Waals surface area (Å²) in [6, 6.07) is 18.2. The number of carbonyl (C=O) groups excluding carboxylic acids is 1. The molecule has 2 fully saturated rings. The van der Waals surface area contributed by atoms with Crippen molar-refractivity contribution in [2.75, 3.05) is 26.2 Å². The van der Waals surface area contributed by atoms with Crippen molar-refractivity contribution in [1.82, 2.24) is 15.2 Å². The molecule has 2 saturated heterocycles. The maximum atomic E-state index is 13.3. The zero-order valence-electron chi connectivity index (χ0n) is 16.0. The minimum absolute atomic E-state index is 0.159. The Bertz CT molecular complexity index is 1020. The van der Waals surface area contributed by atoms with Gasteiger partial charge in [0.25, 0.3) is 5.91 Å². The zero-order valence-corrected chi connectivity index (χ0v) is 16.0. The van der Waals surface area contributed by atoms with Crippen LogP contribution in [0.15, 0.2) is 60.8 Å². The van der Waals surface area contributed by atoms with Crippen LogP contribution in [-0.4, -0.2) is 42.0 Å². The van der Waals surface area contributed by atoms with Crippen LogP contribution in [0.25, 0.3) is 22.0 Å². The minimum atomic E-state index is 0.159. The molecule has 4 nitrogen and oxygen atoms in total. The first kappa shape index (κ1) is 17.4. The summed E-state index contributed by atoms with van der Waals surface area (Å²) >= 11 is 0. The van der Waals surface area contributed by atoms with Gasteiger partial charge in [0.1, 0.15) is 0 Å². The number of carbonyl (C=O) groups is 1. The predicted molar refractivity (Wildman–Crippen MR) is 112 cm³/mol. The minimum Gasteiger partial charge on any atom is -0.338 e. The fourth-order valence-corrected chi connectivity index (χ4v) is 4.88. The summed E-state index contributed by atoms with van der Waals surface area (Å²) in [5.41, 5.74) is 4.23. The van der Waals surface area contributed by atoms with Gasteiger partial charge in [-0.3, -0.25) is 9.78 Å². The average Bonchev–Trinajstić information content (AvgIpc) is 3.20. The fourth-order valence-electron chi connectivity index (χ4n) is 4.88. The van der Waals surface area contributed by atoms with E-state index < -0.39 is 0 Å². The van der Waals surface area contributed by atoms with E-state index in [0.717, 1.165) is 60.2 Å². The van der Waals surface area contributed by atoms with E-state index in [2.05, 4.69) is 27.3 Å². The van der Waals surface area contributed by atoms with Gasteiger partial charge >= 0.3 is 0 Å². The zero-order chi connectivity index (χ0) is 19.0. The summed E-state index contributed by atoms with van der Waals surface area (Å²) in [5, 5.41) is 4.60. The van der Waals surface area contributed by atoms with Gasteiger partial charge in [0.2, 0.25) is 0 Å². The highest BCUT2D eigenvalue weighted by molar-refractivity contribution is 5.98. The van der Waals surface area contributed by atoms with Crippen molar-refractivity contribution in [3.8, 4) is 11.1 Å². The molecule has 0 unspecified atom stereocenters. The topological polar surface area (TPSA) is 45.2 Å². The van der Waals surface area contributed by atoms with Crippen molar-refractivity contribution in [2.24, 2.45) is 5.41 Å². The van der Waals surface area contributed by atoms with E-state index >= 15 is 0 Å². The number of likely N-dealkylation sites (tertiary alicyclic amines) is 1. The Morgan fingerprint density at radius 1 is 1.07 bits per heavy atom. The summed E-state index contributed by atoms with van der Waals surface area (Å²) < 4.78 is 0. The first-order valence-electron chi connectivity index (χ1n) is 10.2. The number of para-hydroxylation sites is 1. The molecule has 3 aromatic rings. The van der Waals surface area contributed by atoms with Crippen molar-refractivity contribution in [3.63, 3.8) is 0 Å². The van der Waals surface area contributed by atoms with Crippen LogP contribution in [0.5, 0.6) is 0 Å². The molecule has 2 aromatic carbocycles. The van der Waals surface area contributed by atoms with Gasteiger partial charge in [0, 0.05) is 42.2 Å². The molecule has 28 heavy (non-hydrogen) atoms. The van der Waals surface area contributed by atoms with E-state index in [-0.39, 0.29) is 11.3 Å². The normalized spacial score (nSPS) is 22.1. The summed E-state index contributed by atoms with van der Waals surface area (Å²) in [6.45, 7) is 3.86. The van der Waals surface area contributed by atoms with Gasteiger partial charge < -0.3 is 10.2 Å². The smallest absolute Gasteiger partial charge is 0.253 e. The second kappa shape index (κ2) is 7.02. The number of pyridine rings is 1. The summed E-state index contributed by atoms with van der Waals surface area (Å²) in [4.78, 5) is 19.8. The van der Waals surface area contributed by atoms with Gasteiger partial charge in [0.05, 0.1) is 5.52 Å². The average molecular weight is 371 g/mol. The number of hydrogen-bond acceptors (Lipinski definition) is 3. The van der Waals surface area contributed by atoms with Crippen LogP contribution in [0.4, 0.5) is 0 Å². The molecule has 0 bridgehead atoms. The van der Waals surface area contributed by atoms with E-state index in [9.17, 15) is 4.79 Å². The highest BCUT2D eigenvalue weighted by Gasteiger charge is 2.39. The van der Waals surface area contributed by atoms with Gasteiger partial charge in [-0.15, -0.1) is 0 Å². The SMILES string of the molecule is O=C(c1cccc(-c2ccnc3ccccc23)c1)N1CCC[C@@]2(CCNC2)C1. The number of rotatable bonds is 2. The lowest BCUT2D eigenvalue weighted by Gasteiger charge is -2.40. The van der Waals surface area contributed by atoms with Crippen LogP contribution in [0, 0.1) is 5.41 Å². The molecule has 1 spiro atoms. The molecule has 1 aromatic heterocycles. The van der Waals surface area contributed by atoms with Crippen LogP contribution in [0.3, 0.4) is 0 Å². The molecule has 2 aliphatic rings. The molecule has 5 rings (SSSR count). The lowest BCUT2D eigenvalue weighted by Crippen LogP contribution is -2.47. The summed E-state index contributed by atoms with van der Waals surface area (Å²) in [6.07, 6.45) is 5.35. The fraction of sp³-hybridized carbons (Fsp3) is 0.333. The summed E-state index contributed by atoms with van der Waals surface area (Å²) in [5.74, 6) is 0.159. The number of nitrogens with zero attached hydrogens (tertiary/aromatic N) is 2. The third-order valence-electron chi connectivity index (χ3n) is 6.35. The number of amides is 1. The number of hydrogen-bond donors (Lipinski definition) is 1. The molecular formula is C24H25N3O. The number of piperidine rings is 1. The molecule has 0 aliphatic carbocycles. The first-order valence-corrected chi connectivity index (χ1v) is 10.2. The van der Waals surface area contributed by atoms with Crippen LogP contribution in [0.1, 0.15) is 29.6 Å². The van der Waals surface area contributed by atoms with E-state index in [4.69, 9.17) is 0 Å². The summed E-state index contributed by atoms with van der Waals surface area (Å²) in [7, 11) is 0. The lowest BCUT2D eigenvalue weighted by atomic mass is 9.79. The molecule has 2 aliphatic heterocycles. The molecule has 1 atom stereocenters. The van der Waals surface area contributed by atoms with Gasteiger partial charge in [-0.25, -0.2) is 0 Å². The van der Waals surface area contributed by atoms with Crippen LogP contribution >= 0.6 is 0 Å². The van der Waals surface area contributed by atoms with Crippen LogP contribution in [-0.2, 0) is 0 Å². The highest BCUT2D eigenvalue weighted by Crippen LogP contribution is 2.36. The Kier molecular flexibility index (Phi) is 4.36. The predicted octanol–water partition coefficient (Wildman–Crippen LogP) is 4.12. The Morgan fingerprint density at radius 3 is 2.89 bits per heavy atom. The Labute approximate surface area is 165 Å². The Balaban J connectivity index is 1.46.